The standard InChI is InChI=1S/C23H21NO/c1-2-16-8-10-23(11-9-16)14-20-7-6-19(13-21(20)22(23)25)18-5-3-4-17(12-18)15-24/h3-8,12-13H,2,9-11,14H2,1H3. The van der Waals surface area contributed by atoms with E-state index >= 15 is 0 Å². The third kappa shape index (κ3) is 2.61. The normalized spacial score (nSPS) is 21.8. The van der Waals surface area contributed by atoms with E-state index in [0.29, 0.717) is 11.3 Å². The molecule has 2 aromatic rings. The Labute approximate surface area is 148 Å². The molecular formula is C23H21NO. The van der Waals surface area contributed by atoms with Crippen LogP contribution in [0.2, 0.25) is 0 Å². The summed E-state index contributed by atoms with van der Waals surface area (Å²) in [4.78, 5) is 13.2. The molecule has 0 saturated carbocycles. The zero-order valence-corrected chi connectivity index (χ0v) is 14.5. The average Bonchev–Trinajstić information content (AvgIpc) is 2.94. The summed E-state index contributed by atoms with van der Waals surface area (Å²) < 4.78 is 0. The summed E-state index contributed by atoms with van der Waals surface area (Å²) in [7, 11) is 0. The molecule has 0 aliphatic heterocycles. The Morgan fingerprint density at radius 1 is 1.16 bits per heavy atom. The predicted octanol–water partition coefficient (Wildman–Crippen LogP) is 5.47. The van der Waals surface area contributed by atoms with Crippen molar-refractivity contribution in [2.24, 2.45) is 5.41 Å². The van der Waals surface area contributed by atoms with Crippen molar-refractivity contribution in [1.29, 1.82) is 5.26 Å². The molecule has 2 aromatic carbocycles. The quantitative estimate of drug-likeness (QED) is 0.686. The van der Waals surface area contributed by atoms with Gasteiger partial charge in [0.25, 0.3) is 0 Å². The van der Waals surface area contributed by atoms with E-state index < -0.39 is 0 Å². The SMILES string of the molecule is CCC1=CCC2(CC1)Cc1ccc(-c3cccc(C#N)c3)cc1C2=O. The van der Waals surface area contributed by atoms with Gasteiger partial charge in [-0.2, -0.15) is 5.26 Å². The van der Waals surface area contributed by atoms with E-state index in [9.17, 15) is 4.79 Å². The van der Waals surface area contributed by atoms with Gasteiger partial charge in [-0.1, -0.05) is 42.8 Å². The molecule has 4 rings (SSSR count). The number of nitrogens with zero attached hydrogens (tertiary/aromatic N) is 1. The Morgan fingerprint density at radius 3 is 2.72 bits per heavy atom. The van der Waals surface area contributed by atoms with Crippen molar-refractivity contribution in [3.05, 3.63) is 70.8 Å². The molecule has 124 valence electrons. The smallest absolute Gasteiger partial charge is 0.169 e. The Balaban J connectivity index is 1.69. The van der Waals surface area contributed by atoms with E-state index in [0.717, 1.165) is 48.8 Å². The van der Waals surface area contributed by atoms with E-state index in [-0.39, 0.29) is 5.41 Å². The minimum atomic E-state index is -0.214. The van der Waals surface area contributed by atoms with Crippen LogP contribution < -0.4 is 0 Å². The average molecular weight is 327 g/mol. The number of carbonyl (C=O) groups is 1. The Hall–Kier alpha value is -2.66. The third-order valence-electron chi connectivity index (χ3n) is 5.85. The number of fused-ring (bicyclic) bond motifs is 1. The summed E-state index contributed by atoms with van der Waals surface area (Å²) >= 11 is 0. The minimum absolute atomic E-state index is 0.214. The molecule has 0 saturated heterocycles. The third-order valence-corrected chi connectivity index (χ3v) is 5.85. The number of allylic oxidation sites excluding steroid dienone is 2. The number of nitriles is 1. The van der Waals surface area contributed by atoms with Gasteiger partial charge in [0, 0.05) is 11.0 Å². The first kappa shape index (κ1) is 15.8. The maximum atomic E-state index is 13.2. The van der Waals surface area contributed by atoms with Gasteiger partial charge in [-0.05, 0) is 67.0 Å². The van der Waals surface area contributed by atoms with Crippen LogP contribution in [0.25, 0.3) is 11.1 Å². The Morgan fingerprint density at radius 2 is 2.00 bits per heavy atom. The van der Waals surface area contributed by atoms with Crippen LogP contribution in [0.4, 0.5) is 0 Å². The second-order valence-corrected chi connectivity index (χ2v) is 7.27. The van der Waals surface area contributed by atoms with Gasteiger partial charge in [-0.25, -0.2) is 0 Å². The lowest BCUT2D eigenvalue weighted by Crippen LogP contribution is -2.29. The number of hydrogen-bond donors (Lipinski definition) is 0. The van der Waals surface area contributed by atoms with Gasteiger partial charge >= 0.3 is 0 Å². The highest BCUT2D eigenvalue weighted by molar-refractivity contribution is 6.06. The van der Waals surface area contributed by atoms with Gasteiger partial charge < -0.3 is 0 Å². The zero-order chi connectivity index (χ0) is 17.4. The van der Waals surface area contributed by atoms with Gasteiger partial charge in [0.2, 0.25) is 0 Å². The maximum Gasteiger partial charge on any atom is 0.169 e. The molecule has 1 unspecified atom stereocenters. The first-order valence-electron chi connectivity index (χ1n) is 9.01. The lowest BCUT2D eigenvalue weighted by molar-refractivity contribution is 0.0800. The first-order valence-corrected chi connectivity index (χ1v) is 9.01. The fourth-order valence-corrected chi connectivity index (χ4v) is 4.25. The number of benzene rings is 2. The van der Waals surface area contributed by atoms with E-state index in [2.05, 4.69) is 31.2 Å². The summed E-state index contributed by atoms with van der Waals surface area (Å²) in [5.41, 5.74) is 5.99. The Bertz CT molecular complexity index is 931. The number of Topliss-reactive ketones (excluding diaryl/α,β-unsaturated/α-hetero) is 1. The highest BCUT2D eigenvalue weighted by Gasteiger charge is 2.45. The van der Waals surface area contributed by atoms with E-state index in [1.807, 2.05) is 24.3 Å². The monoisotopic (exact) mass is 327 g/mol. The number of hydrogen-bond acceptors (Lipinski definition) is 2. The van der Waals surface area contributed by atoms with Crippen molar-refractivity contribution in [1.82, 2.24) is 0 Å². The molecule has 25 heavy (non-hydrogen) atoms. The van der Waals surface area contributed by atoms with Crippen molar-refractivity contribution in [3.8, 4) is 17.2 Å². The maximum absolute atomic E-state index is 13.2. The van der Waals surface area contributed by atoms with E-state index in [4.69, 9.17) is 5.26 Å². The van der Waals surface area contributed by atoms with Crippen LogP contribution in [0.5, 0.6) is 0 Å². The lowest BCUT2D eigenvalue weighted by Gasteiger charge is -2.30. The summed E-state index contributed by atoms with van der Waals surface area (Å²) in [6.07, 6.45) is 7.16. The van der Waals surface area contributed by atoms with Crippen LogP contribution in [-0.2, 0) is 6.42 Å². The lowest BCUT2D eigenvalue weighted by atomic mass is 9.72. The second kappa shape index (κ2) is 6.01. The molecule has 1 spiro atoms. The van der Waals surface area contributed by atoms with Crippen LogP contribution in [0, 0.1) is 16.7 Å². The second-order valence-electron chi connectivity index (χ2n) is 7.27. The summed E-state index contributed by atoms with van der Waals surface area (Å²) in [5, 5.41) is 9.10. The molecular weight excluding hydrogens is 306 g/mol. The van der Waals surface area contributed by atoms with E-state index in [1.165, 1.54) is 11.1 Å². The molecule has 0 N–H and O–H groups in total. The topological polar surface area (TPSA) is 40.9 Å². The van der Waals surface area contributed by atoms with Crippen molar-refractivity contribution >= 4 is 5.78 Å². The van der Waals surface area contributed by atoms with Crippen molar-refractivity contribution in [3.63, 3.8) is 0 Å². The first-order chi connectivity index (χ1) is 12.1. The zero-order valence-electron chi connectivity index (χ0n) is 14.5. The molecule has 2 aliphatic carbocycles. The van der Waals surface area contributed by atoms with Crippen LogP contribution in [-0.4, -0.2) is 5.78 Å². The van der Waals surface area contributed by atoms with Gasteiger partial charge in [-0.15, -0.1) is 0 Å². The molecule has 0 radical (unpaired) electrons. The molecule has 0 bridgehead atoms. The van der Waals surface area contributed by atoms with E-state index in [1.54, 1.807) is 6.07 Å². The largest absolute Gasteiger partial charge is 0.294 e. The van der Waals surface area contributed by atoms with Crippen molar-refractivity contribution in [2.45, 2.75) is 39.0 Å². The van der Waals surface area contributed by atoms with Gasteiger partial charge in [-0.3, -0.25) is 4.79 Å². The molecule has 2 nitrogen and oxygen atoms in total. The van der Waals surface area contributed by atoms with Gasteiger partial charge in [0.1, 0.15) is 0 Å². The van der Waals surface area contributed by atoms with Crippen LogP contribution in [0.1, 0.15) is 54.1 Å². The van der Waals surface area contributed by atoms with Gasteiger partial charge in [0.05, 0.1) is 11.6 Å². The number of ketones is 1. The summed E-state index contributed by atoms with van der Waals surface area (Å²) in [6, 6.07) is 16.0. The highest BCUT2D eigenvalue weighted by Crippen LogP contribution is 2.47. The van der Waals surface area contributed by atoms with Crippen LogP contribution in [0.3, 0.4) is 0 Å². The highest BCUT2D eigenvalue weighted by atomic mass is 16.1. The fourth-order valence-electron chi connectivity index (χ4n) is 4.25. The van der Waals surface area contributed by atoms with Crippen molar-refractivity contribution < 1.29 is 4.79 Å². The molecule has 0 fully saturated rings. The predicted molar refractivity (Wildman–Crippen MR) is 99.3 cm³/mol. The van der Waals surface area contributed by atoms with Gasteiger partial charge in [0.15, 0.2) is 5.78 Å². The van der Waals surface area contributed by atoms with Crippen LogP contribution >= 0.6 is 0 Å². The van der Waals surface area contributed by atoms with Crippen LogP contribution in [0.15, 0.2) is 54.1 Å². The summed E-state index contributed by atoms with van der Waals surface area (Å²) in [6.45, 7) is 2.19. The summed E-state index contributed by atoms with van der Waals surface area (Å²) in [5.74, 6) is 0.312. The molecule has 1 atom stereocenters. The van der Waals surface area contributed by atoms with Crippen molar-refractivity contribution in [2.75, 3.05) is 0 Å². The molecule has 0 heterocycles. The Kier molecular flexibility index (Phi) is 3.81. The molecule has 0 amide bonds. The molecule has 2 heteroatoms. The molecule has 2 aliphatic rings. The fraction of sp³-hybridized carbons (Fsp3) is 0.304. The molecule has 0 aromatic heterocycles. The number of carbonyl (C=O) groups excluding carboxylic acids is 1. The minimum Gasteiger partial charge on any atom is -0.294 e. The number of rotatable bonds is 2.